The minimum atomic E-state index is -0.726. The van der Waals surface area contributed by atoms with Gasteiger partial charge in [0.25, 0.3) is 5.56 Å². The summed E-state index contributed by atoms with van der Waals surface area (Å²) in [5, 5.41) is 7.00. The van der Waals surface area contributed by atoms with E-state index in [1.54, 1.807) is 6.92 Å². The normalized spacial score (nSPS) is 15.0. The number of pyridine rings is 2. The van der Waals surface area contributed by atoms with Gasteiger partial charge in [-0.05, 0) is 50.2 Å². The van der Waals surface area contributed by atoms with Gasteiger partial charge in [0.2, 0.25) is 0 Å². The number of carbonyl (C=O) groups excluding carboxylic acids is 2. The first kappa shape index (κ1) is 24.5. The monoisotopic (exact) mass is 434 g/mol. The van der Waals surface area contributed by atoms with E-state index in [2.05, 4.69) is 0 Å². The van der Waals surface area contributed by atoms with Crippen LogP contribution in [0.25, 0.3) is 5.52 Å². The molecule has 1 saturated heterocycles. The third-order valence-corrected chi connectivity index (χ3v) is 5.29. The molecule has 2 fully saturated rings. The van der Waals surface area contributed by atoms with Crippen molar-refractivity contribution in [2.75, 3.05) is 31.7 Å². The number of aldehydes is 1. The summed E-state index contributed by atoms with van der Waals surface area (Å²) in [6.07, 6.45) is 5.42. The largest absolute Gasteiger partial charge is 0.462 e. The van der Waals surface area contributed by atoms with Gasteiger partial charge in [-0.25, -0.2) is 9.18 Å². The van der Waals surface area contributed by atoms with E-state index in [1.807, 2.05) is 18.7 Å². The molecule has 1 saturated carbocycles. The molecule has 4 rings (SSSR count). The lowest BCUT2D eigenvalue weighted by Gasteiger charge is -2.23. The lowest BCUT2D eigenvalue weighted by atomic mass is 10.0. The molecule has 0 bridgehead atoms. The third-order valence-electron chi connectivity index (χ3n) is 5.29. The van der Waals surface area contributed by atoms with E-state index < -0.39 is 17.3 Å². The summed E-state index contributed by atoms with van der Waals surface area (Å²) in [4.78, 5) is 38.9. The van der Waals surface area contributed by atoms with Crippen LogP contribution in [0.3, 0.4) is 0 Å². The fourth-order valence-electron chi connectivity index (χ4n) is 3.91. The number of hydrogen-bond acceptors (Lipinski definition) is 6. The molecule has 1 aliphatic heterocycles. The Balaban J connectivity index is 0.000000807. The summed E-state index contributed by atoms with van der Waals surface area (Å²) in [6, 6.07) is 1.53. The smallest absolute Gasteiger partial charge is 0.343 e. The number of aromatic nitrogens is 1. The van der Waals surface area contributed by atoms with Gasteiger partial charge in [-0.15, -0.1) is 0 Å². The second-order valence-electron chi connectivity index (χ2n) is 7.08. The maximum Gasteiger partial charge on any atom is 0.343 e. The molecule has 2 aliphatic rings. The van der Waals surface area contributed by atoms with E-state index >= 15 is 0 Å². The highest BCUT2D eigenvalue weighted by Gasteiger charge is 2.32. The predicted molar refractivity (Wildman–Crippen MR) is 118 cm³/mol. The Morgan fingerprint density at radius 3 is 2.39 bits per heavy atom. The van der Waals surface area contributed by atoms with E-state index in [1.165, 1.54) is 6.07 Å². The number of fused-ring (bicyclic) bond motifs is 1. The minimum absolute atomic E-state index is 0.124. The van der Waals surface area contributed by atoms with E-state index in [9.17, 15) is 18.8 Å². The summed E-state index contributed by atoms with van der Waals surface area (Å²) in [6.45, 7) is 7.15. The third kappa shape index (κ3) is 4.79. The molecule has 0 radical (unpaired) electrons. The summed E-state index contributed by atoms with van der Waals surface area (Å²) < 4.78 is 21.0. The number of hydrogen-bond donors (Lipinski definition) is 1. The number of halogens is 1. The Kier molecular flexibility index (Phi) is 8.74. The molecule has 0 unspecified atom stereocenters. The van der Waals surface area contributed by atoms with Gasteiger partial charge in [0.15, 0.2) is 12.1 Å². The van der Waals surface area contributed by atoms with Crippen molar-refractivity contribution < 1.29 is 23.8 Å². The summed E-state index contributed by atoms with van der Waals surface area (Å²) >= 11 is 0. The van der Waals surface area contributed by atoms with Crippen LogP contribution in [-0.2, 0) is 4.74 Å². The van der Waals surface area contributed by atoms with Crippen molar-refractivity contribution in [1.82, 2.24) is 4.40 Å². The second-order valence-corrected chi connectivity index (χ2v) is 7.08. The topological polar surface area (TPSA) is 88.3 Å². The van der Waals surface area contributed by atoms with Crippen molar-refractivity contribution >= 4 is 23.5 Å². The van der Waals surface area contributed by atoms with Crippen LogP contribution in [0.4, 0.5) is 10.1 Å². The zero-order valence-electron chi connectivity index (χ0n) is 18.6. The Morgan fingerprint density at radius 1 is 1.26 bits per heavy atom. The molecule has 0 amide bonds. The molecule has 7 nitrogen and oxygen atoms in total. The lowest BCUT2D eigenvalue weighted by molar-refractivity contribution is 0.0524. The molecule has 0 spiro atoms. The standard InChI is InChI=1S/C20H21FN2O4.C2H6.CH4O/c1-2-27-20(26)14-9-13(12-5-6-12)17-15(11-24)18(22-7-3-4-8-22)16(21)10-23(17)19(14)25;2*1-2/h9-12H,2-8H2,1H3;1-2H3;2H,1H3. The molecule has 3 heterocycles. The van der Waals surface area contributed by atoms with Crippen molar-refractivity contribution in [3.63, 3.8) is 0 Å². The van der Waals surface area contributed by atoms with Gasteiger partial charge in [0.05, 0.1) is 29.6 Å². The summed E-state index contributed by atoms with van der Waals surface area (Å²) in [7, 11) is 1.00. The van der Waals surface area contributed by atoms with Crippen molar-refractivity contribution in [3.8, 4) is 0 Å². The van der Waals surface area contributed by atoms with Gasteiger partial charge < -0.3 is 14.7 Å². The highest BCUT2D eigenvalue weighted by molar-refractivity contribution is 5.97. The molecule has 2 aromatic rings. The maximum absolute atomic E-state index is 15.0. The average molecular weight is 435 g/mol. The van der Waals surface area contributed by atoms with Crippen LogP contribution in [0.2, 0.25) is 0 Å². The van der Waals surface area contributed by atoms with Crippen LogP contribution in [0, 0.1) is 5.82 Å². The Morgan fingerprint density at radius 2 is 1.87 bits per heavy atom. The Bertz CT molecular complexity index is 992. The van der Waals surface area contributed by atoms with Crippen molar-refractivity contribution in [2.45, 2.75) is 52.4 Å². The summed E-state index contributed by atoms with van der Waals surface area (Å²) in [5.74, 6) is -1.20. The van der Waals surface area contributed by atoms with Crippen LogP contribution < -0.4 is 10.5 Å². The van der Waals surface area contributed by atoms with Crippen LogP contribution >= 0.6 is 0 Å². The average Bonchev–Trinajstić information content (AvgIpc) is 3.50. The molecule has 1 aliphatic carbocycles. The zero-order valence-corrected chi connectivity index (χ0v) is 18.6. The van der Waals surface area contributed by atoms with Gasteiger partial charge in [-0.3, -0.25) is 14.0 Å². The number of aliphatic hydroxyl groups is 1. The molecule has 0 aromatic carbocycles. The highest BCUT2D eigenvalue weighted by Crippen LogP contribution is 2.44. The molecule has 1 N–H and O–H groups in total. The van der Waals surface area contributed by atoms with Crippen molar-refractivity contribution in [1.29, 1.82) is 0 Å². The van der Waals surface area contributed by atoms with Crippen LogP contribution in [0.5, 0.6) is 0 Å². The highest BCUT2D eigenvalue weighted by atomic mass is 19.1. The lowest BCUT2D eigenvalue weighted by Crippen LogP contribution is -2.28. The Hall–Kier alpha value is -2.74. The van der Waals surface area contributed by atoms with E-state index in [0.717, 1.165) is 49.0 Å². The first-order valence-corrected chi connectivity index (χ1v) is 10.8. The number of carbonyl (C=O) groups is 2. The number of ether oxygens (including phenoxy) is 1. The van der Waals surface area contributed by atoms with E-state index in [-0.39, 0.29) is 29.3 Å². The molecule has 0 atom stereocenters. The Labute approximate surface area is 181 Å². The molecular weight excluding hydrogens is 403 g/mol. The fourth-order valence-corrected chi connectivity index (χ4v) is 3.91. The van der Waals surface area contributed by atoms with E-state index in [0.29, 0.717) is 24.9 Å². The second kappa shape index (κ2) is 11.0. The first-order chi connectivity index (χ1) is 15.1. The summed E-state index contributed by atoms with van der Waals surface area (Å²) in [5.41, 5.74) is 0.803. The SMILES string of the molecule is CC.CCOC(=O)c1cc(C2CC2)c2c(C=O)c(N3CCCC3)c(F)cn2c1=O.CO. The van der Waals surface area contributed by atoms with Gasteiger partial charge in [0, 0.05) is 20.2 Å². The molecule has 31 heavy (non-hydrogen) atoms. The molecular formula is C23H31FN2O5. The number of esters is 1. The van der Waals surface area contributed by atoms with Gasteiger partial charge >= 0.3 is 5.97 Å². The fraction of sp³-hybridized carbons (Fsp3) is 0.522. The maximum atomic E-state index is 15.0. The van der Waals surface area contributed by atoms with Crippen LogP contribution in [0.1, 0.15) is 78.7 Å². The van der Waals surface area contributed by atoms with Crippen molar-refractivity contribution in [2.24, 2.45) is 0 Å². The number of nitrogens with zero attached hydrogens (tertiary/aromatic N) is 2. The number of aliphatic hydroxyl groups excluding tert-OH is 1. The predicted octanol–water partition coefficient (Wildman–Crippen LogP) is 3.54. The molecule has 8 heteroatoms. The number of rotatable bonds is 5. The van der Waals surface area contributed by atoms with Crippen LogP contribution in [-0.4, -0.2) is 48.6 Å². The van der Waals surface area contributed by atoms with Crippen molar-refractivity contribution in [3.05, 3.63) is 45.1 Å². The van der Waals surface area contributed by atoms with E-state index in [4.69, 9.17) is 9.84 Å². The molecule has 2 aromatic heterocycles. The van der Waals surface area contributed by atoms with Crippen LogP contribution in [0.15, 0.2) is 17.1 Å². The number of anilines is 1. The first-order valence-electron chi connectivity index (χ1n) is 10.8. The minimum Gasteiger partial charge on any atom is -0.462 e. The van der Waals surface area contributed by atoms with Gasteiger partial charge in [-0.2, -0.15) is 0 Å². The molecule has 170 valence electrons. The quantitative estimate of drug-likeness (QED) is 0.572. The van der Waals surface area contributed by atoms with Gasteiger partial charge in [-0.1, -0.05) is 13.8 Å². The van der Waals surface area contributed by atoms with Gasteiger partial charge in [0.1, 0.15) is 5.56 Å². The zero-order chi connectivity index (χ0) is 23.1.